The highest BCUT2D eigenvalue weighted by atomic mass is 16.5. The molecule has 0 atom stereocenters. The van der Waals surface area contributed by atoms with Crippen molar-refractivity contribution in [2.75, 3.05) is 7.11 Å². The molecule has 0 radical (unpaired) electrons. The van der Waals surface area contributed by atoms with Crippen LogP contribution in [0, 0.1) is 6.92 Å². The van der Waals surface area contributed by atoms with Gasteiger partial charge in [-0.25, -0.2) is 10.2 Å². The van der Waals surface area contributed by atoms with Crippen molar-refractivity contribution in [1.82, 2.24) is 5.43 Å². The Bertz CT molecular complexity index is 1050. The van der Waals surface area contributed by atoms with Gasteiger partial charge in [0.15, 0.2) is 0 Å². The Morgan fingerprint density at radius 2 is 1.85 bits per heavy atom. The summed E-state index contributed by atoms with van der Waals surface area (Å²) in [4.78, 5) is 24.3. The molecule has 2 aromatic carbocycles. The first kappa shape index (κ1) is 17.4. The van der Waals surface area contributed by atoms with Gasteiger partial charge in [-0.3, -0.25) is 4.79 Å². The van der Waals surface area contributed by atoms with Gasteiger partial charge in [0, 0.05) is 10.9 Å². The fourth-order valence-electron chi connectivity index (χ4n) is 2.45. The monoisotopic (exact) mass is 350 g/mol. The Kier molecular flexibility index (Phi) is 4.84. The van der Waals surface area contributed by atoms with E-state index in [1.165, 1.54) is 0 Å². The van der Waals surface area contributed by atoms with Crippen molar-refractivity contribution < 1.29 is 13.9 Å². The number of hydrogen-bond acceptors (Lipinski definition) is 5. The lowest BCUT2D eigenvalue weighted by Gasteiger charge is -2.05. The van der Waals surface area contributed by atoms with Gasteiger partial charge in [-0.2, -0.15) is 5.10 Å². The van der Waals surface area contributed by atoms with Gasteiger partial charge < -0.3 is 9.15 Å². The second-order valence-electron chi connectivity index (χ2n) is 5.86. The molecule has 1 heterocycles. The van der Waals surface area contributed by atoms with Crippen LogP contribution in [0.5, 0.6) is 5.75 Å². The minimum atomic E-state index is -0.520. The summed E-state index contributed by atoms with van der Waals surface area (Å²) in [6, 6.07) is 13.9. The second-order valence-corrected chi connectivity index (χ2v) is 5.86. The summed E-state index contributed by atoms with van der Waals surface area (Å²) in [6.45, 7) is 3.58. The van der Waals surface area contributed by atoms with Crippen LogP contribution in [0.2, 0.25) is 0 Å². The zero-order valence-electron chi connectivity index (χ0n) is 14.7. The third-order valence-corrected chi connectivity index (χ3v) is 3.97. The molecule has 3 aromatic rings. The second kappa shape index (κ2) is 7.23. The summed E-state index contributed by atoms with van der Waals surface area (Å²) in [7, 11) is 1.56. The third kappa shape index (κ3) is 3.64. The summed E-state index contributed by atoms with van der Waals surface area (Å²) in [5, 5.41) is 4.74. The maximum absolute atomic E-state index is 12.2. The van der Waals surface area contributed by atoms with Crippen molar-refractivity contribution in [3.8, 4) is 5.75 Å². The van der Waals surface area contributed by atoms with Gasteiger partial charge in [0.1, 0.15) is 11.3 Å². The molecule has 1 N–H and O–H groups in total. The number of ether oxygens (including phenoxy) is 1. The van der Waals surface area contributed by atoms with E-state index in [2.05, 4.69) is 10.5 Å². The van der Waals surface area contributed by atoms with E-state index in [9.17, 15) is 9.59 Å². The number of nitrogens with zero attached hydrogens (tertiary/aromatic N) is 1. The van der Waals surface area contributed by atoms with Crippen molar-refractivity contribution >= 4 is 22.6 Å². The molecule has 0 saturated carbocycles. The van der Waals surface area contributed by atoms with E-state index < -0.39 is 5.63 Å². The van der Waals surface area contributed by atoms with E-state index in [1.807, 2.05) is 19.1 Å². The lowest BCUT2D eigenvalue weighted by Crippen LogP contribution is -2.21. The zero-order valence-corrected chi connectivity index (χ0v) is 14.7. The molecule has 6 nitrogen and oxygen atoms in total. The number of carbonyl (C=O) groups is 1. The van der Waals surface area contributed by atoms with Crippen molar-refractivity contribution in [3.63, 3.8) is 0 Å². The Labute approximate surface area is 150 Å². The Balaban J connectivity index is 1.88. The molecule has 0 bridgehead atoms. The zero-order chi connectivity index (χ0) is 18.7. The van der Waals surface area contributed by atoms with Crippen LogP contribution in [-0.2, 0) is 0 Å². The lowest BCUT2D eigenvalue weighted by molar-refractivity contribution is 0.0955. The van der Waals surface area contributed by atoms with Crippen LogP contribution in [-0.4, -0.2) is 18.7 Å². The van der Waals surface area contributed by atoms with Gasteiger partial charge in [0.25, 0.3) is 5.91 Å². The summed E-state index contributed by atoms with van der Waals surface area (Å²) >= 11 is 0. The number of methoxy groups -OCH3 is 1. The number of hydrogen-bond donors (Lipinski definition) is 1. The largest absolute Gasteiger partial charge is 0.497 e. The minimum Gasteiger partial charge on any atom is -0.497 e. The van der Waals surface area contributed by atoms with E-state index in [4.69, 9.17) is 9.15 Å². The van der Waals surface area contributed by atoms with E-state index in [0.717, 1.165) is 5.56 Å². The van der Waals surface area contributed by atoms with E-state index in [1.54, 1.807) is 50.4 Å². The van der Waals surface area contributed by atoms with Crippen LogP contribution in [0.4, 0.5) is 0 Å². The molecule has 0 spiro atoms. The van der Waals surface area contributed by atoms with Gasteiger partial charge in [-0.15, -0.1) is 0 Å². The summed E-state index contributed by atoms with van der Waals surface area (Å²) < 4.78 is 10.5. The maximum Gasteiger partial charge on any atom is 0.345 e. The molecule has 1 amide bonds. The van der Waals surface area contributed by atoms with E-state index >= 15 is 0 Å². The van der Waals surface area contributed by atoms with Crippen LogP contribution in [0.1, 0.15) is 28.4 Å². The molecule has 0 aliphatic carbocycles. The van der Waals surface area contributed by atoms with Crippen molar-refractivity contribution in [2.45, 2.75) is 13.8 Å². The summed E-state index contributed by atoms with van der Waals surface area (Å²) in [5.74, 6) is 0.302. The van der Waals surface area contributed by atoms with Gasteiger partial charge in [0.2, 0.25) is 0 Å². The predicted octanol–water partition coefficient (Wildman–Crippen LogP) is 3.26. The van der Waals surface area contributed by atoms with Crippen LogP contribution in [0.3, 0.4) is 0 Å². The van der Waals surface area contributed by atoms with Crippen molar-refractivity contribution in [3.05, 3.63) is 75.6 Å². The molecule has 0 aliphatic heterocycles. The molecule has 3 rings (SSSR count). The van der Waals surface area contributed by atoms with Crippen molar-refractivity contribution in [1.29, 1.82) is 0 Å². The number of fused-ring (bicyclic) bond motifs is 1. The lowest BCUT2D eigenvalue weighted by atomic mass is 10.1. The van der Waals surface area contributed by atoms with Gasteiger partial charge in [0.05, 0.1) is 18.4 Å². The van der Waals surface area contributed by atoms with Crippen LogP contribution in [0.25, 0.3) is 11.0 Å². The average Bonchev–Trinajstić information content (AvgIpc) is 2.65. The molecule has 132 valence electrons. The fraction of sp³-hybridized carbons (Fsp3) is 0.150. The maximum atomic E-state index is 12.2. The highest BCUT2D eigenvalue weighted by Gasteiger charge is 2.10. The Hall–Kier alpha value is -3.41. The summed E-state index contributed by atoms with van der Waals surface area (Å²) in [6.07, 6.45) is 0. The van der Waals surface area contributed by atoms with Crippen LogP contribution in [0.15, 0.2) is 62.8 Å². The highest BCUT2D eigenvalue weighted by molar-refractivity contribution is 6.02. The SMILES string of the molecule is COc1ccc2oc(=O)c(C(C)=NNC(=O)c3ccc(C)cc3)cc2c1. The number of rotatable bonds is 4. The fourth-order valence-corrected chi connectivity index (χ4v) is 2.45. The first-order valence-electron chi connectivity index (χ1n) is 8.01. The van der Waals surface area contributed by atoms with Gasteiger partial charge >= 0.3 is 5.63 Å². The molecule has 6 heteroatoms. The van der Waals surface area contributed by atoms with Gasteiger partial charge in [-0.1, -0.05) is 17.7 Å². The standard InChI is InChI=1S/C20H18N2O4/c1-12-4-6-14(7-5-12)19(23)22-21-13(2)17-11-15-10-16(25-3)8-9-18(15)26-20(17)24/h4-11H,1-3H3,(H,22,23). The van der Waals surface area contributed by atoms with Gasteiger partial charge in [-0.05, 0) is 50.2 Å². The molecule has 26 heavy (non-hydrogen) atoms. The number of nitrogens with one attached hydrogen (secondary N) is 1. The number of hydrazone groups is 1. The number of benzene rings is 2. The highest BCUT2D eigenvalue weighted by Crippen LogP contribution is 2.20. The average molecular weight is 350 g/mol. The molecular weight excluding hydrogens is 332 g/mol. The van der Waals surface area contributed by atoms with E-state index in [0.29, 0.717) is 28.0 Å². The quantitative estimate of drug-likeness (QED) is 0.445. The normalized spacial score (nSPS) is 11.4. The smallest absolute Gasteiger partial charge is 0.345 e. The first-order chi connectivity index (χ1) is 12.5. The molecule has 0 saturated heterocycles. The number of aryl methyl sites for hydroxylation is 1. The Morgan fingerprint density at radius 1 is 1.12 bits per heavy atom. The summed E-state index contributed by atoms with van der Waals surface area (Å²) in [5.41, 5.74) is 4.57. The number of carbonyl (C=O) groups excluding carboxylic acids is 1. The van der Waals surface area contributed by atoms with Crippen LogP contribution < -0.4 is 15.8 Å². The third-order valence-electron chi connectivity index (χ3n) is 3.97. The minimum absolute atomic E-state index is 0.273. The Morgan fingerprint density at radius 3 is 2.54 bits per heavy atom. The molecule has 0 unspecified atom stereocenters. The predicted molar refractivity (Wildman–Crippen MR) is 99.9 cm³/mol. The van der Waals surface area contributed by atoms with Crippen molar-refractivity contribution in [2.24, 2.45) is 5.10 Å². The molecule has 0 fully saturated rings. The first-order valence-corrected chi connectivity index (χ1v) is 8.01. The molecule has 1 aromatic heterocycles. The topological polar surface area (TPSA) is 80.9 Å². The molecule has 0 aliphatic rings. The molecular formula is C20H18N2O4. The number of amides is 1. The van der Waals surface area contributed by atoms with Crippen LogP contribution >= 0.6 is 0 Å². The van der Waals surface area contributed by atoms with E-state index in [-0.39, 0.29) is 11.5 Å².